The molecule has 0 saturated heterocycles. The molecule has 0 heterocycles. The van der Waals surface area contributed by atoms with Gasteiger partial charge in [-0.2, -0.15) is 0 Å². The number of nitrogens with one attached hydrogen (secondary N) is 2. The summed E-state index contributed by atoms with van der Waals surface area (Å²) in [6, 6.07) is 16.7. The second-order valence-corrected chi connectivity index (χ2v) is 8.10. The minimum Gasteiger partial charge on any atom is -0.494 e. The van der Waals surface area contributed by atoms with Crippen molar-refractivity contribution in [2.24, 2.45) is 10.7 Å². The van der Waals surface area contributed by atoms with Gasteiger partial charge in [0.05, 0.1) is 20.6 Å². The molecule has 0 aliphatic heterocycles. The Hall–Kier alpha value is -4.47. The average molecular weight is 511 g/mol. The van der Waals surface area contributed by atoms with E-state index in [1.807, 2.05) is 30.3 Å². The third kappa shape index (κ3) is 8.03. The highest BCUT2D eigenvalue weighted by molar-refractivity contribution is 5.98. The summed E-state index contributed by atoms with van der Waals surface area (Å²) in [5, 5.41) is 5.20. The molecule has 8 nitrogen and oxygen atoms in total. The number of carbonyl (C=O) groups excluding carboxylic acids is 2. The van der Waals surface area contributed by atoms with Crippen LogP contribution in [0.15, 0.2) is 71.7 Å². The molecule has 194 valence electrons. The van der Waals surface area contributed by atoms with E-state index in [0.717, 1.165) is 5.56 Å². The first-order valence-corrected chi connectivity index (χ1v) is 11.4. The minimum atomic E-state index is -0.955. The van der Waals surface area contributed by atoms with Crippen LogP contribution in [0.25, 0.3) is 0 Å². The fraction of sp³-hybridized carbons (Fsp3) is 0.222. The zero-order valence-electron chi connectivity index (χ0n) is 20.5. The van der Waals surface area contributed by atoms with E-state index in [1.165, 1.54) is 44.6 Å². The lowest BCUT2D eigenvalue weighted by molar-refractivity contribution is -0.122. The number of nitrogens with two attached hydrogens (primary N) is 1. The predicted octanol–water partition coefficient (Wildman–Crippen LogP) is 2.88. The molecule has 0 aromatic heterocycles. The molecule has 4 N–H and O–H groups in total. The number of aliphatic imine (C=N–C) groups is 1. The fourth-order valence-electron chi connectivity index (χ4n) is 3.55. The Kier molecular flexibility index (Phi) is 9.54. The second kappa shape index (κ2) is 13.0. The van der Waals surface area contributed by atoms with Crippen LogP contribution in [-0.2, 0) is 29.0 Å². The number of rotatable bonds is 10. The Morgan fingerprint density at radius 2 is 1.59 bits per heavy atom. The van der Waals surface area contributed by atoms with Gasteiger partial charge in [-0.25, -0.2) is 13.8 Å². The highest BCUT2D eigenvalue weighted by Gasteiger charge is 2.20. The van der Waals surface area contributed by atoms with Crippen molar-refractivity contribution in [1.82, 2.24) is 10.6 Å². The number of ether oxygens (including phenoxy) is 2. The normalized spacial score (nSPS) is 11.9. The summed E-state index contributed by atoms with van der Waals surface area (Å²) in [6.45, 7) is 0.103. The molecule has 3 aromatic rings. The predicted molar refractivity (Wildman–Crippen MR) is 135 cm³/mol. The van der Waals surface area contributed by atoms with Gasteiger partial charge in [-0.15, -0.1) is 0 Å². The topological polar surface area (TPSA) is 115 Å². The third-order valence-electron chi connectivity index (χ3n) is 5.40. The Morgan fingerprint density at radius 3 is 2.27 bits per heavy atom. The molecule has 0 bridgehead atoms. The van der Waals surface area contributed by atoms with E-state index in [4.69, 9.17) is 15.2 Å². The van der Waals surface area contributed by atoms with Gasteiger partial charge in [-0.3, -0.25) is 14.9 Å². The highest BCUT2D eigenvalue weighted by Crippen LogP contribution is 2.19. The number of hydrogen-bond donors (Lipinski definition) is 3. The molecule has 37 heavy (non-hydrogen) atoms. The lowest BCUT2D eigenvalue weighted by Gasteiger charge is -2.15. The van der Waals surface area contributed by atoms with Gasteiger partial charge in [0, 0.05) is 13.0 Å². The molecule has 0 radical (unpaired) electrons. The molecule has 3 rings (SSSR count). The van der Waals surface area contributed by atoms with Crippen molar-refractivity contribution < 1.29 is 27.8 Å². The fourth-order valence-corrected chi connectivity index (χ4v) is 3.55. The summed E-state index contributed by atoms with van der Waals surface area (Å²) in [4.78, 5) is 29.7. The van der Waals surface area contributed by atoms with Gasteiger partial charge in [-0.05, 0) is 41.0 Å². The van der Waals surface area contributed by atoms with Crippen molar-refractivity contribution >= 4 is 17.8 Å². The molecule has 0 aliphatic rings. The van der Waals surface area contributed by atoms with Crippen LogP contribution in [0.3, 0.4) is 0 Å². The van der Waals surface area contributed by atoms with Crippen molar-refractivity contribution in [1.29, 1.82) is 0 Å². The molecular weight excluding hydrogens is 482 g/mol. The third-order valence-corrected chi connectivity index (χ3v) is 5.40. The second-order valence-electron chi connectivity index (χ2n) is 8.10. The molecule has 0 saturated carbocycles. The quantitative estimate of drug-likeness (QED) is 0.287. The number of methoxy groups -OCH3 is 2. The lowest BCUT2D eigenvalue weighted by Crippen LogP contribution is -2.42. The molecule has 2 amide bonds. The van der Waals surface area contributed by atoms with Gasteiger partial charge >= 0.3 is 0 Å². The van der Waals surface area contributed by atoms with Crippen LogP contribution in [0.4, 0.5) is 8.78 Å². The summed E-state index contributed by atoms with van der Waals surface area (Å²) in [7, 11) is 2.70. The van der Waals surface area contributed by atoms with Gasteiger partial charge in [0.15, 0.2) is 29.1 Å². The van der Waals surface area contributed by atoms with Gasteiger partial charge in [-0.1, -0.05) is 42.5 Å². The number of hydrogen-bond acceptors (Lipinski definition) is 5. The van der Waals surface area contributed by atoms with Crippen LogP contribution >= 0.6 is 0 Å². The largest absolute Gasteiger partial charge is 0.494 e. The Morgan fingerprint density at radius 1 is 0.892 bits per heavy atom. The van der Waals surface area contributed by atoms with Crippen molar-refractivity contribution in [3.8, 4) is 11.5 Å². The van der Waals surface area contributed by atoms with Crippen molar-refractivity contribution in [2.45, 2.75) is 25.4 Å². The standard InChI is InChI=1S/C27H28F2N4O4/c1-36-23-11-9-18(12-21(23)29)15-25(34)33-27(30)32-22(13-17-6-4-3-5-7-17)26(35)31-16-19-8-10-20(28)24(14-19)37-2/h3-12,14,22H,13,15-16H2,1-2H3,(H,31,35)(H3,30,32,33,34). The summed E-state index contributed by atoms with van der Waals surface area (Å²) in [5.41, 5.74) is 7.82. The van der Waals surface area contributed by atoms with Crippen LogP contribution in [0, 0.1) is 11.6 Å². The number of carbonyl (C=O) groups is 2. The summed E-state index contributed by atoms with van der Waals surface area (Å²) in [6.07, 6.45) is 0.0682. The SMILES string of the molecule is COc1ccc(CC(=O)NC(N)=NC(Cc2ccccc2)C(=O)NCc2ccc(F)c(OC)c2)cc1F. The maximum absolute atomic E-state index is 13.9. The molecule has 0 aliphatic carbocycles. The van der Waals surface area contributed by atoms with Crippen molar-refractivity contribution in [2.75, 3.05) is 14.2 Å². The first-order chi connectivity index (χ1) is 17.8. The zero-order chi connectivity index (χ0) is 26.8. The zero-order valence-corrected chi connectivity index (χ0v) is 20.5. The Bertz CT molecular complexity index is 1270. The molecule has 3 aromatic carbocycles. The van der Waals surface area contributed by atoms with E-state index >= 15 is 0 Å². The molecule has 1 atom stereocenters. The van der Waals surface area contributed by atoms with E-state index in [2.05, 4.69) is 15.6 Å². The van der Waals surface area contributed by atoms with Crippen molar-refractivity contribution in [3.05, 3.63) is 95.1 Å². The van der Waals surface area contributed by atoms with Gasteiger partial charge < -0.3 is 20.5 Å². The van der Waals surface area contributed by atoms with E-state index in [-0.39, 0.29) is 36.8 Å². The number of benzene rings is 3. The van der Waals surface area contributed by atoms with Crippen molar-refractivity contribution in [3.63, 3.8) is 0 Å². The van der Waals surface area contributed by atoms with Crippen LogP contribution in [0.1, 0.15) is 16.7 Å². The van der Waals surface area contributed by atoms with Crippen LogP contribution in [0.2, 0.25) is 0 Å². The smallest absolute Gasteiger partial charge is 0.245 e. The maximum Gasteiger partial charge on any atom is 0.245 e. The number of halogens is 2. The number of amides is 2. The number of guanidine groups is 1. The van der Waals surface area contributed by atoms with Gasteiger partial charge in [0.2, 0.25) is 11.8 Å². The highest BCUT2D eigenvalue weighted by atomic mass is 19.1. The summed E-state index contributed by atoms with van der Waals surface area (Å²) < 4.78 is 37.4. The van der Waals surface area contributed by atoms with Crippen LogP contribution < -0.4 is 25.8 Å². The Labute approximate surface area is 213 Å². The van der Waals surface area contributed by atoms with Crippen LogP contribution in [-0.4, -0.2) is 38.0 Å². The van der Waals surface area contributed by atoms with E-state index < -0.39 is 29.5 Å². The monoisotopic (exact) mass is 510 g/mol. The molecule has 10 heteroatoms. The minimum absolute atomic E-state index is 0.0642. The molecule has 0 spiro atoms. The van der Waals surface area contributed by atoms with E-state index in [0.29, 0.717) is 11.1 Å². The molecular formula is C27H28F2N4O4. The number of nitrogens with zero attached hydrogens (tertiary/aromatic N) is 1. The Balaban J connectivity index is 1.69. The molecule has 1 unspecified atom stereocenters. The lowest BCUT2D eigenvalue weighted by atomic mass is 10.1. The summed E-state index contributed by atoms with van der Waals surface area (Å²) >= 11 is 0. The summed E-state index contributed by atoms with van der Waals surface area (Å²) in [5.74, 6) is -2.19. The first-order valence-electron chi connectivity index (χ1n) is 11.4. The average Bonchev–Trinajstić information content (AvgIpc) is 2.88. The van der Waals surface area contributed by atoms with Crippen LogP contribution in [0.5, 0.6) is 11.5 Å². The molecule has 0 fully saturated rings. The van der Waals surface area contributed by atoms with E-state index in [1.54, 1.807) is 6.07 Å². The van der Waals surface area contributed by atoms with Gasteiger partial charge in [0.1, 0.15) is 6.04 Å². The van der Waals surface area contributed by atoms with Gasteiger partial charge in [0.25, 0.3) is 0 Å². The first kappa shape index (κ1) is 27.1. The van der Waals surface area contributed by atoms with E-state index in [9.17, 15) is 18.4 Å². The maximum atomic E-state index is 13.9.